The van der Waals surface area contributed by atoms with Crippen LogP contribution in [0.5, 0.6) is 0 Å². The number of rotatable bonds is 5. The maximum Gasteiger partial charge on any atom is 0.156 e. The molecule has 1 aromatic rings. The van der Waals surface area contributed by atoms with Crippen LogP contribution in [0.15, 0.2) is 47.1 Å². The van der Waals surface area contributed by atoms with Crippen molar-refractivity contribution in [3.05, 3.63) is 52.6 Å². The average Bonchev–Trinajstić information content (AvgIpc) is 3.49. The lowest BCUT2D eigenvalue weighted by atomic mass is 9.51. The third kappa shape index (κ3) is 3.74. The lowest BCUT2D eigenvalue weighted by molar-refractivity contribution is -0.114. The van der Waals surface area contributed by atoms with E-state index < -0.39 is 5.60 Å². The molecule has 0 aromatic heterocycles. The van der Waals surface area contributed by atoms with Crippen molar-refractivity contribution in [3.8, 4) is 0 Å². The number of aliphatic hydroxyl groups excluding tert-OH is 1. The van der Waals surface area contributed by atoms with Crippen LogP contribution in [-0.4, -0.2) is 41.3 Å². The van der Waals surface area contributed by atoms with Crippen LogP contribution < -0.4 is 4.90 Å². The van der Waals surface area contributed by atoms with Gasteiger partial charge in [-0.05, 0) is 111 Å². The topological polar surface area (TPSA) is 60.8 Å². The first-order valence-electron chi connectivity index (χ1n) is 14.1. The van der Waals surface area contributed by atoms with Crippen LogP contribution in [0, 0.1) is 17.3 Å². The minimum Gasteiger partial charge on any atom is -0.396 e. The Kier molecular flexibility index (Phi) is 5.96. The number of carbonyl (C=O) groups is 1. The second-order valence-corrected chi connectivity index (χ2v) is 12.2. The zero-order valence-corrected chi connectivity index (χ0v) is 21.3. The van der Waals surface area contributed by atoms with Gasteiger partial charge in [-0.3, -0.25) is 4.79 Å². The third-order valence-electron chi connectivity index (χ3n) is 10.6. The van der Waals surface area contributed by atoms with Gasteiger partial charge < -0.3 is 15.1 Å². The number of aliphatic hydroxyl groups is 2. The molecule has 0 amide bonds. The summed E-state index contributed by atoms with van der Waals surface area (Å²) in [4.78, 5) is 14.7. The predicted molar refractivity (Wildman–Crippen MR) is 139 cm³/mol. The first kappa shape index (κ1) is 23.5. The molecule has 1 saturated heterocycles. The van der Waals surface area contributed by atoms with E-state index in [4.69, 9.17) is 0 Å². The quantitative estimate of drug-likeness (QED) is 0.574. The van der Waals surface area contributed by atoms with Gasteiger partial charge in [0.15, 0.2) is 5.78 Å². The molecule has 0 radical (unpaired) electrons. The molecule has 4 nitrogen and oxygen atoms in total. The predicted octanol–water partition coefficient (Wildman–Crippen LogP) is 5.69. The van der Waals surface area contributed by atoms with Crippen molar-refractivity contribution in [1.29, 1.82) is 0 Å². The lowest BCUT2D eigenvalue weighted by Gasteiger charge is -2.55. The summed E-state index contributed by atoms with van der Waals surface area (Å²) in [5, 5.41) is 21.5. The molecule has 4 heteroatoms. The number of ketones is 1. The van der Waals surface area contributed by atoms with Crippen LogP contribution in [0.25, 0.3) is 0 Å². The molecule has 1 aliphatic heterocycles. The summed E-state index contributed by atoms with van der Waals surface area (Å²) in [6.07, 6.45) is 12.3. The van der Waals surface area contributed by atoms with Gasteiger partial charge in [-0.1, -0.05) is 24.6 Å². The SMILES string of the molecule is C[C@]12C[C@H](c3ccc(N4CCCC4)cc3)C3=C4CCC(=O)C=C4CC[C@H]3[C@@H]1CC[C@@]2(O)CCCO. The first-order chi connectivity index (χ1) is 16.9. The Bertz CT molecular complexity index is 1050. The molecule has 2 N–H and O–H groups in total. The third-order valence-corrected chi connectivity index (χ3v) is 10.6. The highest BCUT2D eigenvalue weighted by molar-refractivity contribution is 5.93. The van der Waals surface area contributed by atoms with Crippen molar-refractivity contribution in [2.24, 2.45) is 17.3 Å². The summed E-state index contributed by atoms with van der Waals surface area (Å²) in [7, 11) is 0. The second-order valence-electron chi connectivity index (χ2n) is 12.2. The molecule has 5 aliphatic rings. The van der Waals surface area contributed by atoms with E-state index in [0.29, 0.717) is 37.0 Å². The number of hydrogen-bond acceptors (Lipinski definition) is 4. The monoisotopic (exact) mass is 475 g/mol. The summed E-state index contributed by atoms with van der Waals surface area (Å²) in [6.45, 7) is 4.80. The Morgan fingerprint density at radius 1 is 1.06 bits per heavy atom. The van der Waals surface area contributed by atoms with Gasteiger partial charge in [-0.2, -0.15) is 0 Å². The highest BCUT2D eigenvalue weighted by Crippen LogP contribution is 2.67. The largest absolute Gasteiger partial charge is 0.396 e. The van der Waals surface area contributed by atoms with E-state index in [9.17, 15) is 15.0 Å². The molecule has 6 rings (SSSR count). The minimum absolute atomic E-state index is 0.144. The molecule has 5 atom stereocenters. The van der Waals surface area contributed by atoms with Gasteiger partial charge in [0.25, 0.3) is 0 Å². The number of nitrogens with zero attached hydrogens (tertiary/aromatic N) is 1. The Hall–Kier alpha value is -1.91. The summed E-state index contributed by atoms with van der Waals surface area (Å²) < 4.78 is 0. The standard InChI is InChI=1S/C31H41NO3/c1-30-20-27(21-5-8-23(9-6-21)32-16-2-3-17-32)29-25-12-10-24(34)19-22(25)7-11-26(29)28(30)13-15-31(30,35)14-4-18-33/h5-6,8-9,19,26-28,33,35H,2-4,7,10-18,20H2,1H3/t26-,27+,28-,30-,31-/m0/s1. The summed E-state index contributed by atoms with van der Waals surface area (Å²) in [6, 6.07) is 9.32. The Balaban J connectivity index is 1.43. The van der Waals surface area contributed by atoms with Crippen molar-refractivity contribution >= 4 is 11.5 Å². The molecular formula is C31H41NO3. The lowest BCUT2D eigenvalue weighted by Crippen LogP contribution is -2.51. The van der Waals surface area contributed by atoms with Crippen LogP contribution in [0.3, 0.4) is 0 Å². The van der Waals surface area contributed by atoms with Gasteiger partial charge >= 0.3 is 0 Å². The molecule has 0 bridgehead atoms. The van der Waals surface area contributed by atoms with Crippen molar-refractivity contribution in [2.45, 2.75) is 89.1 Å². The highest BCUT2D eigenvalue weighted by Gasteiger charge is 2.62. The fourth-order valence-electron chi connectivity index (χ4n) is 8.73. The molecule has 188 valence electrons. The van der Waals surface area contributed by atoms with Crippen LogP contribution in [-0.2, 0) is 4.79 Å². The van der Waals surface area contributed by atoms with Crippen LogP contribution in [0.4, 0.5) is 5.69 Å². The van der Waals surface area contributed by atoms with Crippen molar-refractivity contribution in [1.82, 2.24) is 0 Å². The first-order valence-corrected chi connectivity index (χ1v) is 14.1. The molecule has 0 spiro atoms. The van der Waals surface area contributed by atoms with Crippen LogP contribution in [0.2, 0.25) is 0 Å². The minimum atomic E-state index is -0.705. The molecule has 1 heterocycles. The zero-order chi connectivity index (χ0) is 24.2. The number of anilines is 1. The fraction of sp³-hybridized carbons (Fsp3) is 0.645. The maximum absolute atomic E-state index is 12.3. The fourth-order valence-corrected chi connectivity index (χ4v) is 8.73. The van der Waals surface area contributed by atoms with Gasteiger partial charge in [0.05, 0.1) is 5.60 Å². The highest BCUT2D eigenvalue weighted by atomic mass is 16.3. The van der Waals surface area contributed by atoms with E-state index in [1.54, 1.807) is 5.57 Å². The number of hydrogen-bond donors (Lipinski definition) is 2. The number of allylic oxidation sites excluding steroid dienone is 4. The Morgan fingerprint density at radius 2 is 1.83 bits per heavy atom. The van der Waals surface area contributed by atoms with Gasteiger partial charge in [-0.15, -0.1) is 0 Å². The molecule has 35 heavy (non-hydrogen) atoms. The van der Waals surface area contributed by atoms with Gasteiger partial charge in [0, 0.05) is 43.1 Å². The van der Waals surface area contributed by atoms with Crippen LogP contribution >= 0.6 is 0 Å². The Morgan fingerprint density at radius 3 is 2.57 bits per heavy atom. The number of benzene rings is 1. The van der Waals surface area contributed by atoms with E-state index in [1.807, 2.05) is 6.08 Å². The van der Waals surface area contributed by atoms with Crippen LogP contribution in [0.1, 0.15) is 89.0 Å². The van der Waals surface area contributed by atoms with E-state index in [0.717, 1.165) is 51.6 Å². The molecular weight excluding hydrogens is 434 g/mol. The molecule has 4 aliphatic carbocycles. The van der Waals surface area contributed by atoms with E-state index in [1.165, 1.54) is 35.2 Å². The molecule has 1 aromatic carbocycles. The summed E-state index contributed by atoms with van der Waals surface area (Å²) in [5.41, 5.74) is 6.20. The van der Waals surface area contributed by atoms with Crippen molar-refractivity contribution < 1.29 is 15.0 Å². The van der Waals surface area contributed by atoms with Gasteiger partial charge in [0.1, 0.15) is 0 Å². The molecule has 0 unspecified atom stereocenters. The van der Waals surface area contributed by atoms with Gasteiger partial charge in [0.2, 0.25) is 0 Å². The number of carbonyl (C=O) groups excluding carboxylic acids is 1. The average molecular weight is 476 g/mol. The summed E-state index contributed by atoms with van der Waals surface area (Å²) in [5.74, 6) is 1.54. The van der Waals surface area contributed by atoms with Crippen molar-refractivity contribution in [2.75, 3.05) is 24.6 Å². The second kappa shape index (κ2) is 8.88. The normalized spacial score (nSPS) is 36.7. The number of fused-ring (bicyclic) bond motifs is 4. The van der Waals surface area contributed by atoms with E-state index >= 15 is 0 Å². The zero-order valence-electron chi connectivity index (χ0n) is 21.3. The smallest absolute Gasteiger partial charge is 0.156 e. The molecule has 2 saturated carbocycles. The molecule has 3 fully saturated rings. The van der Waals surface area contributed by atoms with Gasteiger partial charge in [-0.25, -0.2) is 0 Å². The Labute approximate surface area is 210 Å². The van der Waals surface area contributed by atoms with E-state index in [2.05, 4.69) is 36.1 Å². The van der Waals surface area contributed by atoms with E-state index in [-0.39, 0.29) is 17.8 Å². The maximum atomic E-state index is 12.3. The summed E-state index contributed by atoms with van der Waals surface area (Å²) >= 11 is 0. The van der Waals surface area contributed by atoms with Crippen molar-refractivity contribution in [3.63, 3.8) is 0 Å².